The van der Waals surface area contributed by atoms with Crippen LogP contribution in [-0.4, -0.2) is 83.9 Å². The van der Waals surface area contributed by atoms with Gasteiger partial charge in [-0.2, -0.15) is 0 Å². The number of pyridine rings is 1. The van der Waals surface area contributed by atoms with Crippen molar-refractivity contribution in [2.75, 3.05) is 16.8 Å². The summed E-state index contributed by atoms with van der Waals surface area (Å²) >= 11 is 3.52. The molecule has 42 heavy (non-hydrogen) atoms. The second-order valence-corrected chi connectivity index (χ2v) is 11.9. The van der Waals surface area contributed by atoms with E-state index in [0.717, 1.165) is 40.8 Å². The quantitative estimate of drug-likeness (QED) is 0.0877. The van der Waals surface area contributed by atoms with Crippen LogP contribution in [0.3, 0.4) is 0 Å². The fraction of sp³-hybridized carbons (Fsp3) is 0.280. The molecule has 2 aromatic heterocycles. The van der Waals surface area contributed by atoms with E-state index < -0.39 is 35.2 Å². The van der Waals surface area contributed by atoms with E-state index in [0.29, 0.717) is 29.2 Å². The molecule has 1 unspecified atom stereocenters. The van der Waals surface area contributed by atoms with Gasteiger partial charge in [0.25, 0.3) is 11.8 Å². The van der Waals surface area contributed by atoms with Gasteiger partial charge in [-0.3, -0.25) is 19.3 Å². The summed E-state index contributed by atoms with van der Waals surface area (Å²) in [6.07, 6.45) is 6.05. The number of nitrogens with one attached hydrogen (secondary N) is 2. The smallest absolute Gasteiger partial charge is 0.352 e. The van der Waals surface area contributed by atoms with E-state index in [1.165, 1.54) is 35.5 Å². The van der Waals surface area contributed by atoms with Crippen molar-refractivity contribution in [2.24, 2.45) is 5.16 Å². The highest BCUT2D eigenvalue weighted by molar-refractivity contribution is 8.01. The number of nitrogens with zero attached hydrogens (tertiary/aromatic N) is 4. The predicted molar refractivity (Wildman–Crippen MR) is 153 cm³/mol. The minimum Gasteiger partial charge on any atom is -0.478 e. The Morgan fingerprint density at radius 3 is 2.83 bits per heavy atom. The van der Waals surface area contributed by atoms with Crippen LogP contribution in [0.5, 0.6) is 0 Å². The first-order chi connectivity index (χ1) is 20.3. The third-order valence-corrected chi connectivity index (χ3v) is 9.44. The third-order valence-electron chi connectivity index (χ3n) is 6.31. The van der Waals surface area contributed by atoms with E-state index >= 15 is 0 Å². The highest BCUT2D eigenvalue weighted by Gasteiger charge is 2.54. The van der Waals surface area contributed by atoms with Gasteiger partial charge in [0, 0.05) is 29.5 Å². The molecule has 218 valence electrons. The van der Waals surface area contributed by atoms with Crippen molar-refractivity contribution < 1.29 is 39.0 Å². The number of hydrogen-bond acceptors (Lipinski definition) is 12. The van der Waals surface area contributed by atoms with Crippen molar-refractivity contribution in [1.82, 2.24) is 20.2 Å². The number of aromatic nitrogens is 2. The molecular weight excluding hydrogens is 609 g/mol. The van der Waals surface area contributed by atoms with E-state index in [4.69, 9.17) is 4.84 Å². The molecule has 2 atom stereocenters. The van der Waals surface area contributed by atoms with Crippen molar-refractivity contribution in [1.29, 1.82) is 0 Å². The maximum absolute atomic E-state index is 13.3. The first-order valence-corrected chi connectivity index (χ1v) is 15.3. The maximum atomic E-state index is 13.3. The molecule has 0 aromatic carbocycles. The molecule has 4 N–H and O–H groups in total. The molecule has 17 heteroatoms. The highest BCUT2D eigenvalue weighted by Crippen LogP contribution is 2.41. The number of β-lactam (4-membered cyclic amide) rings is 1. The standard InChI is InChI=1S/C25H22N6O8S3/c32-11-27-25-28-15(10-42-25)17(30-39-14-3-1-2-4-14)20(33)29-18-21(34)31-19(24(37)38)13(9-41-22(18)31)8-40-16-7-12(23(35)36)5-6-26-16/h3,5-7,10-11,18,22H,1-2,4,8-9H2,(H,29,33)(H,35,36)(H,37,38)(H,27,28,32)/t18?,22-/m1/s1. The highest BCUT2D eigenvalue weighted by atomic mass is 32.2. The second kappa shape index (κ2) is 12.7. The number of thioether (sulfide) groups is 2. The van der Waals surface area contributed by atoms with Crippen LogP contribution in [0.4, 0.5) is 5.13 Å². The molecule has 1 fully saturated rings. The van der Waals surface area contributed by atoms with Gasteiger partial charge < -0.3 is 25.7 Å². The van der Waals surface area contributed by atoms with Crippen LogP contribution in [0.15, 0.2) is 57.0 Å². The van der Waals surface area contributed by atoms with E-state index in [1.54, 1.807) is 0 Å². The fourth-order valence-electron chi connectivity index (χ4n) is 4.32. The molecule has 3 aliphatic rings. The summed E-state index contributed by atoms with van der Waals surface area (Å²) in [5.74, 6) is -2.72. The number of carbonyl (C=O) groups excluding carboxylic acids is 3. The summed E-state index contributed by atoms with van der Waals surface area (Å²) in [6, 6.07) is 1.72. The summed E-state index contributed by atoms with van der Waals surface area (Å²) in [5.41, 5.74) is 0.272. The summed E-state index contributed by atoms with van der Waals surface area (Å²) in [4.78, 5) is 75.7. The molecule has 0 bridgehead atoms. The van der Waals surface area contributed by atoms with Crippen molar-refractivity contribution in [3.05, 3.63) is 58.1 Å². The lowest BCUT2D eigenvalue weighted by Gasteiger charge is -2.49. The van der Waals surface area contributed by atoms with Gasteiger partial charge in [-0.05, 0) is 36.6 Å². The molecule has 3 amide bonds. The largest absolute Gasteiger partial charge is 0.478 e. The topological polar surface area (TPSA) is 200 Å². The van der Waals surface area contributed by atoms with E-state index in [2.05, 4.69) is 25.8 Å². The first-order valence-electron chi connectivity index (χ1n) is 12.4. The van der Waals surface area contributed by atoms with Crippen LogP contribution in [0.1, 0.15) is 35.3 Å². The van der Waals surface area contributed by atoms with Gasteiger partial charge in [0.05, 0.1) is 10.6 Å². The van der Waals surface area contributed by atoms with Gasteiger partial charge in [-0.15, -0.1) is 34.9 Å². The maximum Gasteiger partial charge on any atom is 0.352 e. The average molecular weight is 631 g/mol. The lowest BCUT2D eigenvalue weighted by molar-refractivity contribution is -0.150. The van der Waals surface area contributed by atoms with Gasteiger partial charge in [-0.25, -0.2) is 19.6 Å². The summed E-state index contributed by atoms with van der Waals surface area (Å²) in [5, 5.41) is 29.7. The van der Waals surface area contributed by atoms with Crippen molar-refractivity contribution in [3.63, 3.8) is 0 Å². The number of thiazole rings is 1. The first kappa shape index (κ1) is 29.3. The number of allylic oxidation sites excluding steroid dienone is 2. The Bertz CT molecular complexity index is 1550. The number of amides is 3. The molecule has 0 radical (unpaired) electrons. The Labute approximate surface area is 250 Å². The Hall–Kier alpha value is -4.22. The lowest BCUT2D eigenvalue weighted by atomic mass is 10.0. The average Bonchev–Trinajstić information content (AvgIpc) is 3.67. The van der Waals surface area contributed by atoms with Gasteiger partial charge in [0.15, 0.2) is 10.8 Å². The van der Waals surface area contributed by atoms with Crippen LogP contribution in [0.25, 0.3) is 0 Å². The molecule has 2 aromatic rings. The van der Waals surface area contributed by atoms with Crippen LogP contribution in [0, 0.1) is 0 Å². The minimum atomic E-state index is -1.29. The molecule has 4 heterocycles. The number of carboxylic acids is 2. The third kappa shape index (κ3) is 6.17. The number of fused-ring (bicyclic) bond motifs is 1. The van der Waals surface area contributed by atoms with E-state index in [1.807, 2.05) is 6.08 Å². The molecule has 5 rings (SSSR count). The molecule has 0 saturated carbocycles. The van der Waals surface area contributed by atoms with Crippen LogP contribution in [-0.2, 0) is 24.0 Å². The zero-order valence-corrected chi connectivity index (χ0v) is 24.0. The van der Waals surface area contributed by atoms with Gasteiger partial charge in [-0.1, -0.05) is 5.16 Å². The lowest BCUT2D eigenvalue weighted by Crippen LogP contribution is -2.71. The predicted octanol–water partition coefficient (Wildman–Crippen LogP) is 2.12. The summed E-state index contributed by atoms with van der Waals surface area (Å²) < 4.78 is 0. The summed E-state index contributed by atoms with van der Waals surface area (Å²) in [7, 11) is 0. The van der Waals surface area contributed by atoms with Crippen LogP contribution in [0.2, 0.25) is 0 Å². The van der Waals surface area contributed by atoms with Crippen LogP contribution >= 0.6 is 34.9 Å². The van der Waals surface area contributed by atoms with E-state index in [-0.39, 0.29) is 39.3 Å². The van der Waals surface area contributed by atoms with Crippen molar-refractivity contribution in [3.8, 4) is 0 Å². The number of rotatable bonds is 12. The van der Waals surface area contributed by atoms with Gasteiger partial charge in [0.2, 0.25) is 6.41 Å². The number of aromatic carboxylic acids is 1. The van der Waals surface area contributed by atoms with Crippen molar-refractivity contribution >= 4 is 75.9 Å². The number of oxime groups is 1. The SMILES string of the molecule is O=CNc1nc(C(=NOC2=CCCC2)C(=O)NC2C(=O)N3C(C(=O)O)=C(CSc4cc(C(=O)O)ccn4)CS[C@H]23)cs1. The Balaban J connectivity index is 1.31. The molecule has 1 saturated heterocycles. The monoisotopic (exact) mass is 630 g/mol. The van der Waals surface area contributed by atoms with Crippen molar-refractivity contribution in [2.45, 2.75) is 35.7 Å². The number of carboxylic acid groups (broad SMARTS) is 2. The molecule has 2 aliphatic heterocycles. The zero-order valence-electron chi connectivity index (χ0n) is 21.5. The normalized spacial score (nSPS) is 19.9. The number of anilines is 1. The van der Waals surface area contributed by atoms with Gasteiger partial charge in [0.1, 0.15) is 28.6 Å². The Morgan fingerprint density at radius 1 is 1.29 bits per heavy atom. The minimum absolute atomic E-state index is 0.0525. The number of carbonyl (C=O) groups is 5. The fourth-order valence-corrected chi connectivity index (χ4v) is 7.36. The molecule has 14 nitrogen and oxygen atoms in total. The molecule has 1 aliphatic carbocycles. The van der Waals surface area contributed by atoms with Crippen LogP contribution < -0.4 is 10.6 Å². The van der Waals surface area contributed by atoms with E-state index in [9.17, 15) is 34.2 Å². The summed E-state index contributed by atoms with van der Waals surface area (Å²) in [6.45, 7) is 0. The second-order valence-electron chi connectivity index (χ2n) is 8.99. The molecule has 0 spiro atoms. The Morgan fingerprint density at radius 2 is 2.12 bits per heavy atom. The number of hydrogen-bond donors (Lipinski definition) is 4. The number of aliphatic carboxylic acids is 1. The molecular formula is C25H22N6O8S3. The zero-order chi connectivity index (χ0) is 29.8. The Kier molecular flexibility index (Phi) is 8.89. The van der Waals surface area contributed by atoms with Gasteiger partial charge >= 0.3 is 11.9 Å².